The standard InChI is InChI=1S/C13H12BrNO3/c1-8-5-11(15-18-8)7-17-13-6-10(14)3-4-12(13)9(2)16/h3-6H,7H2,1-2H3. The predicted octanol–water partition coefficient (Wildman–Crippen LogP) is 3.53. The molecule has 1 heterocycles. The molecule has 18 heavy (non-hydrogen) atoms. The first kappa shape index (κ1) is 12.8. The molecule has 0 bridgehead atoms. The highest BCUT2D eigenvalue weighted by atomic mass is 79.9. The molecule has 0 spiro atoms. The molecular weight excluding hydrogens is 298 g/mol. The highest BCUT2D eigenvalue weighted by molar-refractivity contribution is 9.10. The molecule has 0 unspecified atom stereocenters. The fourth-order valence-corrected chi connectivity index (χ4v) is 1.88. The number of halogens is 1. The van der Waals surface area contributed by atoms with Gasteiger partial charge in [-0.1, -0.05) is 21.1 Å². The summed E-state index contributed by atoms with van der Waals surface area (Å²) in [5, 5.41) is 3.83. The summed E-state index contributed by atoms with van der Waals surface area (Å²) in [5.74, 6) is 1.24. The second kappa shape index (κ2) is 5.35. The minimum Gasteiger partial charge on any atom is -0.486 e. The average molecular weight is 310 g/mol. The number of rotatable bonds is 4. The molecule has 0 atom stereocenters. The quantitative estimate of drug-likeness (QED) is 0.811. The maximum absolute atomic E-state index is 11.5. The summed E-state index contributed by atoms with van der Waals surface area (Å²) in [4.78, 5) is 11.5. The molecule has 0 aliphatic rings. The fraction of sp³-hybridized carbons (Fsp3) is 0.231. The van der Waals surface area contributed by atoms with Crippen LogP contribution in [0.4, 0.5) is 0 Å². The lowest BCUT2D eigenvalue weighted by atomic mass is 10.1. The monoisotopic (exact) mass is 309 g/mol. The molecule has 1 aromatic carbocycles. The Morgan fingerprint density at radius 3 is 2.83 bits per heavy atom. The van der Waals surface area contributed by atoms with E-state index in [0.717, 1.165) is 10.2 Å². The van der Waals surface area contributed by atoms with Crippen LogP contribution >= 0.6 is 15.9 Å². The van der Waals surface area contributed by atoms with Gasteiger partial charge >= 0.3 is 0 Å². The molecule has 4 nitrogen and oxygen atoms in total. The van der Waals surface area contributed by atoms with Crippen LogP contribution in [0.15, 0.2) is 33.3 Å². The van der Waals surface area contributed by atoms with Crippen molar-refractivity contribution in [1.82, 2.24) is 5.16 Å². The topological polar surface area (TPSA) is 52.3 Å². The van der Waals surface area contributed by atoms with E-state index in [4.69, 9.17) is 9.26 Å². The number of hydrogen-bond donors (Lipinski definition) is 0. The van der Waals surface area contributed by atoms with E-state index in [1.54, 1.807) is 18.2 Å². The Kier molecular flexibility index (Phi) is 3.81. The Labute approximate surface area is 113 Å². The molecule has 5 heteroatoms. The number of carbonyl (C=O) groups is 1. The number of aryl methyl sites for hydroxylation is 1. The summed E-state index contributed by atoms with van der Waals surface area (Å²) in [6.45, 7) is 3.60. The van der Waals surface area contributed by atoms with Gasteiger partial charge in [0.2, 0.25) is 0 Å². The number of Topliss-reactive ketones (excluding diaryl/α,β-unsaturated/α-hetero) is 1. The second-order valence-corrected chi connectivity index (χ2v) is 4.83. The van der Waals surface area contributed by atoms with Crippen LogP contribution in [0.3, 0.4) is 0 Å². The van der Waals surface area contributed by atoms with Crippen molar-refractivity contribution in [3.63, 3.8) is 0 Å². The van der Waals surface area contributed by atoms with Crippen LogP contribution in [-0.2, 0) is 6.61 Å². The smallest absolute Gasteiger partial charge is 0.163 e. The number of benzene rings is 1. The van der Waals surface area contributed by atoms with E-state index in [2.05, 4.69) is 21.1 Å². The van der Waals surface area contributed by atoms with Gasteiger partial charge in [-0.15, -0.1) is 0 Å². The molecule has 0 N–H and O–H groups in total. The highest BCUT2D eigenvalue weighted by Crippen LogP contribution is 2.25. The first-order valence-corrected chi connectivity index (χ1v) is 6.21. The zero-order valence-corrected chi connectivity index (χ0v) is 11.7. The molecule has 0 amide bonds. The van der Waals surface area contributed by atoms with E-state index < -0.39 is 0 Å². The Morgan fingerprint density at radius 2 is 2.22 bits per heavy atom. The lowest BCUT2D eigenvalue weighted by Gasteiger charge is -2.08. The number of carbonyl (C=O) groups excluding carboxylic acids is 1. The van der Waals surface area contributed by atoms with Gasteiger partial charge in [-0.2, -0.15) is 0 Å². The van der Waals surface area contributed by atoms with Crippen molar-refractivity contribution in [3.8, 4) is 5.75 Å². The van der Waals surface area contributed by atoms with Gasteiger partial charge in [0.05, 0.1) is 5.56 Å². The predicted molar refractivity (Wildman–Crippen MR) is 69.7 cm³/mol. The number of ether oxygens (including phenoxy) is 1. The van der Waals surface area contributed by atoms with E-state index in [0.29, 0.717) is 17.0 Å². The van der Waals surface area contributed by atoms with Crippen LogP contribution in [0.1, 0.15) is 28.7 Å². The molecule has 94 valence electrons. The molecule has 1 aromatic heterocycles. The maximum atomic E-state index is 11.5. The zero-order chi connectivity index (χ0) is 13.1. The molecule has 0 radical (unpaired) electrons. The summed E-state index contributed by atoms with van der Waals surface area (Å²) in [6.07, 6.45) is 0. The molecule has 2 aromatic rings. The third kappa shape index (κ3) is 2.98. The lowest BCUT2D eigenvalue weighted by molar-refractivity contribution is 0.101. The maximum Gasteiger partial charge on any atom is 0.163 e. The van der Waals surface area contributed by atoms with Gasteiger partial charge in [0.15, 0.2) is 5.78 Å². The van der Waals surface area contributed by atoms with Crippen LogP contribution in [0.5, 0.6) is 5.75 Å². The average Bonchev–Trinajstić information content (AvgIpc) is 2.72. The van der Waals surface area contributed by atoms with E-state index in [9.17, 15) is 4.79 Å². The summed E-state index contributed by atoms with van der Waals surface area (Å²) in [7, 11) is 0. The summed E-state index contributed by atoms with van der Waals surface area (Å²) >= 11 is 3.35. The Balaban J connectivity index is 2.17. The summed E-state index contributed by atoms with van der Waals surface area (Å²) in [5.41, 5.74) is 1.25. The molecule has 0 aliphatic heterocycles. The van der Waals surface area contributed by atoms with Crippen molar-refractivity contribution in [1.29, 1.82) is 0 Å². The van der Waals surface area contributed by atoms with Crippen LogP contribution < -0.4 is 4.74 Å². The summed E-state index contributed by atoms with van der Waals surface area (Å²) < 4.78 is 11.4. The minimum atomic E-state index is -0.0335. The molecule has 0 saturated carbocycles. The van der Waals surface area contributed by atoms with Crippen molar-refractivity contribution in [2.45, 2.75) is 20.5 Å². The van der Waals surface area contributed by atoms with Gasteiger partial charge in [-0.05, 0) is 32.0 Å². The number of aromatic nitrogens is 1. The molecular formula is C13H12BrNO3. The number of ketones is 1. The third-order valence-corrected chi connectivity index (χ3v) is 2.87. The van der Waals surface area contributed by atoms with E-state index in [1.807, 2.05) is 13.0 Å². The van der Waals surface area contributed by atoms with E-state index >= 15 is 0 Å². The van der Waals surface area contributed by atoms with Gasteiger partial charge in [-0.3, -0.25) is 4.79 Å². The Hall–Kier alpha value is -1.62. The van der Waals surface area contributed by atoms with Crippen molar-refractivity contribution < 1.29 is 14.1 Å². The molecule has 2 rings (SSSR count). The molecule has 0 aliphatic carbocycles. The first-order valence-electron chi connectivity index (χ1n) is 5.42. The summed E-state index contributed by atoms with van der Waals surface area (Å²) in [6, 6.07) is 7.11. The van der Waals surface area contributed by atoms with Crippen molar-refractivity contribution in [3.05, 3.63) is 45.8 Å². The van der Waals surface area contributed by atoms with Crippen molar-refractivity contribution in [2.75, 3.05) is 0 Å². The Morgan fingerprint density at radius 1 is 1.44 bits per heavy atom. The van der Waals surface area contributed by atoms with E-state index in [-0.39, 0.29) is 12.4 Å². The van der Waals surface area contributed by atoms with Crippen LogP contribution in [-0.4, -0.2) is 10.9 Å². The van der Waals surface area contributed by atoms with Crippen LogP contribution in [0.25, 0.3) is 0 Å². The SMILES string of the molecule is CC(=O)c1ccc(Br)cc1OCc1cc(C)on1. The Bertz CT molecular complexity index is 577. The highest BCUT2D eigenvalue weighted by Gasteiger charge is 2.10. The zero-order valence-electron chi connectivity index (χ0n) is 10.1. The molecule has 0 saturated heterocycles. The van der Waals surface area contributed by atoms with Crippen LogP contribution in [0, 0.1) is 6.92 Å². The lowest BCUT2D eigenvalue weighted by Crippen LogP contribution is -2.01. The van der Waals surface area contributed by atoms with Crippen molar-refractivity contribution >= 4 is 21.7 Å². The largest absolute Gasteiger partial charge is 0.486 e. The molecule has 0 fully saturated rings. The van der Waals surface area contributed by atoms with Gasteiger partial charge in [-0.25, -0.2) is 0 Å². The van der Waals surface area contributed by atoms with E-state index in [1.165, 1.54) is 6.92 Å². The number of hydrogen-bond acceptors (Lipinski definition) is 4. The minimum absolute atomic E-state index is 0.0335. The third-order valence-electron chi connectivity index (χ3n) is 2.38. The first-order chi connectivity index (χ1) is 8.56. The number of nitrogens with zero attached hydrogens (tertiary/aromatic N) is 1. The van der Waals surface area contributed by atoms with Crippen LogP contribution in [0.2, 0.25) is 0 Å². The normalized spacial score (nSPS) is 10.4. The van der Waals surface area contributed by atoms with Gasteiger partial charge in [0.1, 0.15) is 23.8 Å². The van der Waals surface area contributed by atoms with Crippen molar-refractivity contribution in [2.24, 2.45) is 0 Å². The fourth-order valence-electron chi connectivity index (χ4n) is 1.54. The van der Waals surface area contributed by atoms with Gasteiger partial charge in [0, 0.05) is 10.5 Å². The second-order valence-electron chi connectivity index (χ2n) is 3.91. The van der Waals surface area contributed by atoms with Gasteiger partial charge < -0.3 is 9.26 Å². The van der Waals surface area contributed by atoms with Gasteiger partial charge in [0.25, 0.3) is 0 Å².